The van der Waals surface area contributed by atoms with Crippen molar-refractivity contribution in [3.8, 4) is 0 Å². The molecule has 4 aliphatic rings. The summed E-state index contributed by atoms with van der Waals surface area (Å²) < 4.78 is 11.9. The van der Waals surface area contributed by atoms with Crippen LogP contribution < -0.4 is 0 Å². The molecule has 0 aromatic carbocycles. The van der Waals surface area contributed by atoms with Gasteiger partial charge in [-0.3, -0.25) is 0 Å². The van der Waals surface area contributed by atoms with Crippen LogP contribution in [0.25, 0.3) is 0 Å². The molecule has 1 saturated heterocycles. The third-order valence-corrected chi connectivity index (χ3v) is 4.94. The van der Waals surface area contributed by atoms with Gasteiger partial charge in [0.1, 0.15) is 0 Å². The van der Waals surface area contributed by atoms with E-state index in [0.717, 1.165) is 11.8 Å². The zero-order chi connectivity index (χ0) is 10.1. The van der Waals surface area contributed by atoms with E-state index >= 15 is 0 Å². The van der Waals surface area contributed by atoms with Gasteiger partial charge in [0.15, 0.2) is 0 Å². The van der Waals surface area contributed by atoms with Crippen LogP contribution in [0.3, 0.4) is 0 Å². The Morgan fingerprint density at radius 3 is 2.64 bits per heavy atom. The molecule has 1 aliphatic heterocycles. The van der Waals surface area contributed by atoms with Crippen molar-refractivity contribution in [1.82, 2.24) is 0 Å². The van der Waals surface area contributed by atoms with E-state index in [2.05, 4.69) is 20.8 Å². The third kappa shape index (κ3) is 0.905. The summed E-state index contributed by atoms with van der Waals surface area (Å²) in [6, 6.07) is 0. The fourth-order valence-corrected chi connectivity index (χ4v) is 3.91. The summed E-state index contributed by atoms with van der Waals surface area (Å²) in [5.41, 5.74) is 0.500. The Bertz CT molecular complexity index is 278. The second-order valence-electron chi connectivity index (χ2n) is 6.12. The Balaban J connectivity index is 1.92. The van der Waals surface area contributed by atoms with Gasteiger partial charge in [-0.15, -0.1) is 0 Å². The van der Waals surface area contributed by atoms with Gasteiger partial charge in [-0.1, -0.05) is 13.8 Å². The summed E-state index contributed by atoms with van der Waals surface area (Å²) >= 11 is 0. The van der Waals surface area contributed by atoms with Crippen LogP contribution in [0.1, 0.15) is 33.6 Å². The van der Waals surface area contributed by atoms with Gasteiger partial charge in [0.05, 0.1) is 11.7 Å². The van der Waals surface area contributed by atoms with Crippen LogP contribution in [0.15, 0.2) is 0 Å². The van der Waals surface area contributed by atoms with E-state index in [-0.39, 0.29) is 12.7 Å². The van der Waals surface area contributed by atoms with Crippen LogP contribution in [0.5, 0.6) is 0 Å². The zero-order valence-corrected chi connectivity index (χ0v) is 9.54. The van der Waals surface area contributed by atoms with Crippen LogP contribution in [0, 0.1) is 17.3 Å². The minimum Gasteiger partial charge on any atom is -0.405 e. The molecular formula is C11H19BO2. The monoisotopic (exact) mass is 194 g/mol. The second-order valence-corrected chi connectivity index (χ2v) is 6.12. The largest absolute Gasteiger partial charge is 0.454 e. The maximum Gasteiger partial charge on any atom is 0.454 e. The summed E-state index contributed by atoms with van der Waals surface area (Å²) in [4.78, 5) is 0. The molecule has 0 N–H and O–H groups in total. The van der Waals surface area contributed by atoms with Crippen molar-refractivity contribution in [2.45, 2.75) is 52.1 Å². The third-order valence-electron chi connectivity index (χ3n) is 4.94. The highest BCUT2D eigenvalue weighted by molar-refractivity contribution is 6.43. The van der Waals surface area contributed by atoms with E-state index in [1.807, 2.05) is 6.82 Å². The molecule has 4 fully saturated rings. The molecule has 0 aromatic rings. The van der Waals surface area contributed by atoms with Crippen molar-refractivity contribution in [3.05, 3.63) is 0 Å². The van der Waals surface area contributed by atoms with Crippen molar-refractivity contribution < 1.29 is 9.31 Å². The summed E-state index contributed by atoms with van der Waals surface area (Å²) in [5, 5.41) is 0. The van der Waals surface area contributed by atoms with Gasteiger partial charge in [-0.2, -0.15) is 0 Å². The minimum atomic E-state index is 0.000139. The maximum atomic E-state index is 5.93. The molecule has 0 spiro atoms. The lowest BCUT2D eigenvalue weighted by molar-refractivity contribution is -0.185. The van der Waals surface area contributed by atoms with Gasteiger partial charge in [-0.25, -0.2) is 0 Å². The quantitative estimate of drug-likeness (QED) is 0.551. The molecule has 4 atom stereocenters. The molecule has 14 heavy (non-hydrogen) atoms. The summed E-state index contributed by atoms with van der Waals surface area (Å²) in [5.74, 6) is 1.57. The smallest absolute Gasteiger partial charge is 0.405 e. The van der Waals surface area contributed by atoms with Crippen LogP contribution in [0.4, 0.5) is 0 Å². The number of rotatable bonds is 0. The van der Waals surface area contributed by atoms with Gasteiger partial charge in [0, 0.05) is 0 Å². The number of hydrogen-bond donors (Lipinski definition) is 0. The lowest BCUT2D eigenvalue weighted by Crippen LogP contribution is -2.63. The highest BCUT2D eigenvalue weighted by Crippen LogP contribution is 2.64. The molecule has 4 rings (SSSR count). The summed E-state index contributed by atoms with van der Waals surface area (Å²) in [7, 11) is 0.000139. The molecule has 0 unspecified atom stereocenters. The lowest BCUT2D eigenvalue weighted by Gasteiger charge is -2.63. The highest BCUT2D eigenvalue weighted by atomic mass is 16.7. The SMILES string of the molecule is CB1O[C@H]2[C@H]3C[C@@H](C[C@@]2(C)O1)C3(C)C. The first-order valence-corrected chi connectivity index (χ1v) is 5.77. The van der Waals surface area contributed by atoms with E-state index in [1.54, 1.807) is 0 Å². The minimum absolute atomic E-state index is 0.000139. The lowest BCUT2D eigenvalue weighted by atomic mass is 9.45. The molecule has 3 aliphatic carbocycles. The first kappa shape index (κ1) is 9.23. The molecule has 2 bridgehead atoms. The van der Waals surface area contributed by atoms with Gasteiger partial charge in [-0.05, 0) is 43.8 Å². The van der Waals surface area contributed by atoms with Crippen molar-refractivity contribution in [2.75, 3.05) is 0 Å². The Hall–Kier alpha value is -0.0151. The average molecular weight is 194 g/mol. The van der Waals surface area contributed by atoms with Gasteiger partial charge < -0.3 is 9.31 Å². The van der Waals surface area contributed by atoms with Crippen molar-refractivity contribution in [1.29, 1.82) is 0 Å². The van der Waals surface area contributed by atoms with E-state index in [1.165, 1.54) is 12.8 Å². The fourth-order valence-electron chi connectivity index (χ4n) is 3.91. The first-order chi connectivity index (χ1) is 6.43. The molecule has 78 valence electrons. The Kier molecular flexibility index (Phi) is 1.57. The van der Waals surface area contributed by atoms with E-state index in [9.17, 15) is 0 Å². The predicted molar refractivity (Wildman–Crippen MR) is 56.0 cm³/mol. The average Bonchev–Trinajstić information content (AvgIpc) is 2.37. The van der Waals surface area contributed by atoms with E-state index < -0.39 is 0 Å². The van der Waals surface area contributed by atoms with Crippen LogP contribution in [-0.4, -0.2) is 18.8 Å². The molecule has 0 amide bonds. The zero-order valence-electron chi connectivity index (χ0n) is 9.54. The molecule has 3 saturated carbocycles. The summed E-state index contributed by atoms with van der Waals surface area (Å²) in [6.07, 6.45) is 2.88. The van der Waals surface area contributed by atoms with E-state index in [0.29, 0.717) is 11.5 Å². The normalized spacial score (nSPS) is 54.0. The molecule has 2 nitrogen and oxygen atoms in total. The maximum absolute atomic E-state index is 5.93. The van der Waals surface area contributed by atoms with E-state index in [4.69, 9.17) is 9.31 Å². The van der Waals surface area contributed by atoms with Gasteiger partial charge >= 0.3 is 7.12 Å². The topological polar surface area (TPSA) is 18.5 Å². The Morgan fingerprint density at radius 1 is 1.29 bits per heavy atom. The first-order valence-electron chi connectivity index (χ1n) is 5.77. The molecular weight excluding hydrogens is 175 g/mol. The molecule has 0 radical (unpaired) electrons. The Labute approximate surface area is 86.5 Å². The van der Waals surface area contributed by atoms with Gasteiger partial charge in [0.25, 0.3) is 0 Å². The standard InChI is InChI=1S/C11H19BO2/c1-10(2)7-5-8(10)9-11(3,6-7)14-12(4)13-9/h7-9H,5-6H2,1-4H3/t7-,8+,9-,11+/m0/s1. The van der Waals surface area contributed by atoms with Crippen LogP contribution in [-0.2, 0) is 9.31 Å². The van der Waals surface area contributed by atoms with Gasteiger partial charge in [0.2, 0.25) is 0 Å². The highest BCUT2D eigenvalue weighted by Gasteiger charge is 2.65. The molecule has 3 heteroatoms. The fraction of sp³-hybridized carbons (Fsp3) is 1.00. The van der Waals surface area contributed by atoms with Crippen LogP contribution >= 0.6 is 0 Å². The number of hydrogen-bond acceptors (Lipinski definition) is 2. The van der Waals surface area contributed by atoms with Crippen molar-refractivity contribution in [3.63, 3.8) is 0 Å². The van der Waals surface area contributed by atoms with Crippen molar-refractivity contribution in [2.24, 2.45) is 17.3 Å². The Morgan fingerprint density at radius 2 is 2.00 bits per heavy atom. The second kappa shape index (κ2) is 2.38. The molecule has 0 aromatic heterocycles. The predicted octanol–water partition coefficient (Wildman–Crippen LogP) is 2.34. The summed E-state index contributed by atoms with van der Waals surface area (Å²) in [6.45, 7) is 9.03. The van der Waals surface area contributed by atoms with Crippen LogP contribution in [0.2, 0.25) is 6.82 Å². The van der Waals surface area contributed by atoms with Crippen molar-refractivity contribution >= 4 is 7.12 Å². The molecule has 1 heterocycles.